The molecule has 1 aromatic carbocycles. The number of carbonyl (C=O) groups excluding carboxylic acids is 2. The Kier molecular flexibility index (Phi) is 5.07. The van der Waals surface area contributed by atoms with Gasteiger partial charge in [-0.05, 0) is 31.0 Å². The van der Waals surface area contributed by atoms with Gasteiger partial charge in [0.25, 0.3) is 5.91 Å². The average molecular weight is 425 g/mol. The molecule has 0 bridgehead atoms. The Balaban J connectivity index is 1.50. The molecule has 1 unspecified atom stereocenters. The van der Waals surface area contributed by atoms with E-state index in [0.29, 0.717) is 40.8 Å². The highest BCUT2D eigenvalue weighted by Crippen LogP contribution is 2.42. The molecule has 7 nitrogen and oxygen atoms in total. The van der Waals surface area contributed by atoms with Gasteiger partial charge in [0.2, 0.25) is 0 Å². The van der Waals surface area contributed by atoms with E-state index in [-0.39, 0.29) is 23.8 Å². The van der Waals surface area contributed by atoms with Gasteiger partial charge in [-0.15, -0.1) is 0 Å². The molecule has 148 valence electrons. The van der Waals surface area contributed by atoms with Crippen molar-refractivity contribution in [3.8, 4) is 0 Å². The van der Waals surface area contributed by atoms with Gasteiger partial charge in [0.05, 0.1) is 31.3 Å². The van der Waals surface area contributed by atoms with Crippen LogP contribution in [0.2, 0.25) is 10.0 Å². The van der Waals surface area contributed by atoms with Crippen LogP contribution in [0.15, 0.2) is 35.5 Å². The van der Waals surface area contributed by atoms with Crippen molar-refractivity contribution in [2.24, 2.45) is 17.0 Å². The van der Waals surface area contributed by atoms with Gasteiger partial charge in [0.15, 0.2) is 0 Å². The molecule has 4 atom stereocenters. The Labute approximate surface area is 171 Å². The Bertz CT molecular complexity index is 867. The van der Waals surface area contributed by atoms with Gasteiger partial charge in [0.1, 0.15) is 0 Å². The number of oxime groups is 1. The number of esters is 1. The molecule has 4 rings (SSSR count). The molecule has 0 saturated carbocycles. The number of hydrogen-bond donors (Lipinski definition) is 1. The first-order chi connectivity index (χ1) is 13.4. The quantitative estimate of drug-likeness (QED) is 0.592. The van der Waals surface area contributed by atoms with Crippen LogP contribution in [0.25, 0.3) is 0 Å². The van der Waals surface area contributed by atoms with E-state index in [1.54, 1.807) is 30.4 Å². The Morgan fingerprint density at radius 2 is 2.00 bits per heavy atom. The Hall–Kier alpha value is -2.09. The summed E-state index contributed by atoms with van der Waals surface area (Å²) in [5, 5.41) is 7.93. The van der Waals surface area contributed by atoms with Crippen LogP contribution in [-0.4, -0.2) is 43.1 Å². The lowest BCUT2D eigenvalue weighted by atomic mass is 9.88. The topological polar surface area (TPSA) is 86.2 Å². The van der Waals surface area contributed by atoms with Crippen molar-refractivity contribution in [2.45, 2.75) is 24.7 Å². The monoisotopic (exact) mass is 424 g/mol. The van der Waals surface area contributed by atoms with Crippen LogP contribution in [-0.2, 0) is 23.9 Å². The predicted octanol–water partition coefficient (Wildman–Crippen LogP) is 2.69. The zero-order valence-electron chi connectivity index (χ0n) is 15.0. The third-order valence-electron chi connectivity index (χ3n) is 5.17. The van der Waals surface area contributed by atoms with E-state index in [1.165, 1.54) is 7.11 Å². The van der Waals surface area contributed by atoms with Crippen molar-refractivity contribution in [3.63, 3.8) is 0 Å². The summed E-state index contributed by atoms with van der Waals surface area (Å²) in [4.78, 5) is 30.2. The highest BCUT2D eigenvalue weighted by Gasteiger charge is 2.60. The van der Waals surface area contributed by atoms with Crippen LogP contribution in [0.1, 0.15) is 18.4 Å². The van der Waals surface area contributed by atoms with Crippen molar-refractivity contribution in [1.82, 2.24) is 5.32 Å². The van der Waals surface area contributed by atoms with Crippen molar-refractivity contribution in [1.29, 1.82) is 0 Å². The van der Waals surface area contributed by atoms with Crippen molar-refractivity contribution >= 4 is 40.8 Å². The summed E-state index contributed by atoms with van der Waals surface area (Å²) in [5.41, 5.74) is 1.26. The number of fused-ring (bicyclic) bond motifs is 1. The van der Waals surface area contributed by atoms with Gasteiger partial charge in [0, 0.05) is 21.7 Å². The number of rotatable bonds is 4. The lowest BCUT2D eigenvalue weighted by Crippen LogP contribution is -2.53. The first-order valence-corrected chi connectivity index (χ1v) is 9.62. The first kappa shape index (κ1) is 19.2. The molecule has 1 fully saturated rings. The number of nitrogens with one attached hydrogen (secondary N) is 1. The second-order valence-corrected chi connectivity index (χ2v) is 7.79. The highest BCUT2D eigenvalue weighted by atomic mass is 35.5. The van der Waals surface area contributed by atoms with Gasteiger partial charge in [-0.3, -0.25) is 9.59 Å². The maximum absolute atomic E-state index is 13.0. The minimum atomic E-state index is -1.53. The molecule has 2 heterocycles. The van der Waals surface area contributed by atoms with Gasteiger partial charge in [-0.1, -0.05) is 40.5 Å². The number of benzene rings is 1. The lowest BCUT2D eigenvalue weighted by Gasteiger charge is -2.26. The fraction of sp³-hybridized carbons (Fsp3) is 0.421. The third kappa shape index (κ3) is 3.27. The molecule has 0 radical (unpaired) electrons. The van der Waals surface area contributed by atoms with Gasteiger partial charge in [-0.25, -0.2) is 0 Å². The van der Waals surface area contributed by atoms with E-state index >= 15 is 0 Å². The van der Waals surface area contributed by atoms with Crippen molar-refractivity contribution in [2.75, 3.05) is 13.7 Å². The molecule has 1 aromatic rings. The summed E-state index contributed by atoms with van der Waals surface area (Å²) < 4.78 is 10.5. The maximum Gasteiger partial charge on any atom is 0.324 e. The summed E-state index contributed by atoms with van der Waals surface area (Å²) in [6.45, 7) is 0.358. The number of hydrogen-bond acceptors (Lipinski definition) is 6. The van der Waals surface area contributed by atoms with Crippen LogP contribution in [0.4, 0.5) is 0 Å². The number of nitrogens with zero attached hydrogens (tertiary/aromatic N) is 1. The molecule has 1 N–H and O–H groups in total. The first-order valence-electron chi connectivity index (χ1n) is 8.86. The molecule has 0 aromatic heterocycles. The second kappa shape index (κ2) is 7.39. The van der Waals surface area contributed by atoms with E-state index in [0.717, 1.165) is 0 Å². The molecular weight excluding hydrogens is 407 g/mol. The molecular formula is C19H18Cl2N2O5. The number of methoxy groups -OCH3 is 1. The van der Waals surface area contributed by atoms with Crippen LogP contribution < -0.4 is 5.32 Å². The lowest BCUT2D eigenvalue weighted by molar-refractivity contribution is -0.211. The standard InChI is InChI=1S/C19H18Cl2N2O5/c1-26-17(24)10-2-3-14(8-10)22-18(25)19-15(4-5-27-19)16(23-28-19)11-6-12(20)9-13(21)7-11/h2-3,6-7,9-10,14-15H,4-5,8H2,1H3,(H,22,25)/t10-,14+,15+,19?/m1/s1. The Morgan fingerprint density at radius 3 is 2.71 bits per heavy atom. The van der Waals surface area contributed by atoms with Gasteiger partial charge >= 0.3 is 11.8 Å². The van der Waals surface area contributed by atoms with Crippen molar-refractivity contribution < 1.29 is 23.9 Å². The van der Waals surface area contributed by atoms with Crippen molar-refractivity contribution in [3.05, 3.63) is 46.0 Å². The summed E-state index contributed by atoms with van der Waals surface area (Å²) >= 11 is 12.2. The van der Waals surface area contributed by atoms with Crippen LogP contribution in [0.3, 0.4) is 0 Å². The fourth-order valence-corrected chi connectivity index (χ4v) is 4.35. The van der Waals surface area contributed by atoms with Crippen LogP contribution in [0.5, 0.6) is 0 Å². The minimum Gasteiger partial charge on any atom is -0.469 e. The molecule has 0 spiro atoms. The molecule has 28 heavy (non-hydrogen) atoms. The van der Waals surface area contributed by atoms with E-state index in [9.17, 15) is 9.59 Å². The van der Waals surface area contributed by atoms with E-state index in [1.807, 2.05) is 0 Å². The SMILES string of the molecule is COC(=O)[C@@H]1C=C[C@H](NC(=O)C23OCC[C@H]2C(c2cc(Cl)cc(Cl)c2)=NO3)C1. The fourth-order valence-electron chi connectivity index (χ4n) is 3.83. The van der Waals surface area contributed by atoms with E-state index in [4.69, 9.17) is 37.5 Å². The molecule has 1 aliphatic carbocycles. The summed E-state index contributed by atoms with van der Waals surface area (Å²) in [6.07, 6.45) is 4.50. The Morgan fingerprint density at radius 1 is 1.25 bits per heavy atom. The summed E-state index contributed by atoms with van der Waals surface area (Å²) in [7, 11) is 1.34. The smallest absolute Gasteiger partial charge is 0.324 e. The molecule has 2 aliphatic heterocycles. The number of ether oxygens (including phenoxy) is 2. The molecule has 1 saturated heterocycles. The summed E-state index contributed by atoms with van der Waals surface area (Å²) in [5.74, 6) is -3.05. The van der Waals surface area contributed by atoms with E-state index in [2.05, 4.69) is 10.5 Å². The average Bonchev–Trinajstić information content (AvgIpc) is 3.35. The predicted molar refractivity (Wildman–Crippen MR) is 102 cm³/mol. The van der Waals surface area contributed by atoms with Crippen LogP contribution >= 0.6 is 23.2 Å². The zero-order valence-corrected chi connectivity index (χ0v) is 16.5. The number of halogens is 2. The highest BCUT2D eigenvalue weighted by molar-refractivity contribution is 6.35. The number of carbonyl (C=O) groups is 2. The van der Waals surface area contributed by atoms with Gasteiger partial charge in [-0.2, -0.15) is 0 Å². The maximum atomic E-state index is 13.0. The summed E-state index contributed by atoms with van der Waals surface area (Å²) in [6, 6.07) is 4.76. The molecule has 3 aliphatic rings. The molecule has 1 amide bonds. The second-order valence-electron chi connectivity index (χ2n) is 6.91. The largest absolute Gasteiger partial charge is 0.469 e. The minimum absolute atomic E-state index is 0.316. The van der Waals surface area contributed by atoms with E-state index < -0.39 is 11.7 Å². The molecule has 9 heteroatoms. The number of amides is 1. The van der Waals surface area contributed by atoms with Crippen LogP contribution in [0, 0.1) is 11.8 Å². The zero-order chi connectivity index (χ0) is 19.9. The van der Waals surface area contributed by atoms with Gasteiger partial charge < -0.3 is 19.6 Å². The third-order valence-corrected chi connectivity index (χ3v) is 5.61. The normalized spacial score (nSPS) is 30.5.